The molecule has 2 aromatic rings. The fourth-order valence-corrected chi connectivity index (χ4v) is 2.60. The Bertz CT molecular complexity index is 541. The van der Waals surface area contributed by atoms with Gasteiger partial charge in [-0.25, -0.2) is 0 Å². The van der Waals surface area contributed by atoms with Gasteiger partial charge in [-0.05, 0) is 17.5 Å². The first kappa shape index (κ1) is 15.2. The predicted molar refractivity (Wildman–Crippen MR) is 79.0 cm³/mol. The minimum absolute atomic E-state index is 0.0904. The number of rotatable bonds is 6. The second kappa shape index (κ2) is 6.52. The van der Waals surface area contributed by atoms with Crippen LogP contribution >= 0.6 is 0 Å². The highest BCUT2D eigenvalue weighted by atomic mass is 16.4. The van der Waals surface area contributed by atoms with E-state index in [1.807, 2.05) is 12.1 Å². The minimum Gasteiger partial charge on any atom is -0.480 e. The summed E-state index contributed by atoms with van der Waals surface area (Å²) in [6, 6.07) is 17.6. The Balaban J connectivity index is 2.63. The van der Waals surface area contributed by atoms with Crippen LogP contribution in [0.4, 0.5) is 0 Å². The third kappa shape index (κ3) is 2.96. The smallest absolute Gasteiger partial charge is 0.318 e. The molecule has 1 atom stereocenters. The lowest BCUT2D eigenvalue weighted by Gasteiger charge is -2.32. The molecule has 0 aromatic heterocycles. The van der Waals surface area contributed by atoms with Crippen molar-refractivity contribution in [3.05, 3.63) is 71.8 Å². The molecule has 0 bridgehead atoms. The molecule has 21 heavy (non-hydrogen) atoms. The van der Waals surface area contributed by atoms with Gasteiger partial charge < -0.3 is 15.3 Å². The van der Waals surface area contributed by atoms with E-state index in [0.29, 0.717) is 11.1 Å². The van der Waals surface area contributed by atoms with E-state index in [-0.39, 0.29) is 6.42 Å². The van der Waals surface area contributed by atoms with Crippen molar-refractivity contribution >= 4 is 5.97 Å². The molecule has 4 heteroatoms. The Morgan fingerprint density at radius 2 is 1.38 bits per heavy atom. The molecule has 0 saturated heterocycles. The lowest BCUT2D eigenvalue weighted by molar-refractivity contribution is -0.143. The number of carboxylic acid groups (broad SMARTS) is 1. The molecule has 1 unspecified atom stereocenters. The van der Waals surface area contributed by atoms with Crippen molar-refractivity contribution in [3.63, 3.8) is 0 Å². The van der Waals surface area contributed by atoms with Crippen LogP contribution in [0.1, 0.15) is 17.5 Å². The summed E-state index contributed by atoms with van der Waals surface area (Å²) in [5.41, 5.74) is -0.225. The third-order valence-electron chi connectivity index (χ3n) is 3.65. The van der Waals surface area contributed by atoms with Crippen molar-refractivity contribution in [2.75, 3.05) is 6.61 Å². The van der Waals surface area contributed by atoms with Gasteiger partial charge in [0.15, 0.2) is 0 Å². The van der Waals surface area contributed by atoms with Crippen molar-refractivity contribution in [2.45, 2.75) is 17.9 Å². The summed E-state index contributed by atoms with van der Waals surface area (Å²) < 4.78 is 0. The van der Waals surface area contributed by atoms with Gasteiger partial charge in [0.25, 0.3) is 0 Å². The molecule has 0 fully saturated rings. The molecule has 0 heterocycles. The maximum atomic E-state index is 12.1. The maximum Gasteiger partial charge on any atom is 0.318 e. The van der Waals surface area contributed by atoms with Crippen LogP contribution in [0.5, 0.6) is 0 Å². The van der Waals surface area contributed by atoms with Crippen LogP contribution in [-0.2, 0) is 10.2 Å². The van der Waals surface area contributed by atoms with E-state index in [0.717, 1.165) is 0 Å². The second-order valence-electron chi connectivity index (χ2n) is 4.98. The molecular weight excluding hydrogens is 268 g/mol. The van der Waals surface area contributed by atoms with Gasteiger partial charge >= 0.3 is 5.97 Å². The number of carboxylic acids is 1. The van der Waals surface area contributed by atoms with Gasteiger partial charge in [-0.15, -0.1) is 0 Å². The largest absolute Gasteiger partial charge is 0.480 e. The van der Waals surface area contributed by atoms with Crippen LogP contribution in [0.15, 0.2) is 60.7 Å². The van der Waals surface area contributed by atoms with Crippen LogP contribution in [0.25, 0.3) is 0 Å². The summed E-state index contributed by atoms with van der Waals surface area (Å²) in [6.07, 6.45) is -1.20. The van der Waals surface area contributed by atoms with Gasteiger partial charge in [0.1, 0.15) is 5.41 Å². The van der Waals surface area contributed by atoms with Crippen LogP contribution in [0.2, 0.25) is 0 Å². The van der Waals surface area contributed by atoms with Gasteiger partial charge in [-0.3, -0.25) is 4.79 Å². The predicted octanol–water partition coefficient (Wildman–Crippen LogP) is 1.80. The van der Waals surface area contributed by atoms with E-state index < -0.39 is 24.1 Å². The van der Waals surface area contributed by atoms with Gasteiger partial charge in [0, 0.05) is 0 Å². The van der Waals surface area contributed by atoms with E-state index in [4.69, 9.17) is 5.11 Å². The zero-order valence-electron chi connectivity index (χ0n) is 11.5. The molecule has 0 amide bonds. The summed E-state index contributed by atoms with van der Waals surface area (Å²) in [6.45, 7) is -0.477. The molecule has 0 aliphatic carbocycles. The van der Waals surface area contributed by atoms with Gasteiger partial charge in [0.05, 0.1) is 12.7 Å². The Labute approximate surface area is 123 Å². The highest BCUT2D eigenvalue weighted by Gasteiger charge is 2.43. The first-order valence-corrected chi connectivity index (χ1v) is 6.74. The number of aliphatic hydroxyl groups excluding tert-OH is 2. The van der Waals surface area contributed by atoms with Crippen molar-refractivity contribution in [3.8, 4) is 0 Å². The van der Waals surface area contributed by atoms with E-state index in [2.05, 4.69) is 0 Å². The average molecular weight is 286 g/mol. The van der Waals surface area contributed by atoms with E-state index >= 15 is 0 Å². The van der Waals surface area contributed by atoms with E-state index in [9.17, 15) is 15.0 Å². The summed E-state index contributed by atoms with van der Waals surface area (Å²) in [5.74, 6) is -1.05. The standard InChI is InChI=1S/C17H18O4/c18-12-15(19)11-17(16(20)21,13-7-3-1-4-8-13)14-9-5-2-6-10-14/h1-10,15,18-19H,11-12H2,(H,20,21). The molecule has 0 spiro atoms. The summed E-state index contributed by atoms with van der Waals surface area (Å²) in [5, 5.41) is 28.9. The first-order valence-electron chi connectivity index (χ1n) is 6.74. The molecule has 2 rings (SSSR count). The molecule has 0 aliphatic rings. The lowest BCUT2D eigenvalue weighted by atomic mass is 9.71. The normalized spacial score (nSPS) is 12.9. The summed E-state index contributed by atoms with van der Waals surface area (Å²) in [4.78, 5) is 12.1. The van der Waals surface area contributed by atoms with Gasteiger partial charge in [0.2, 0.25) is 0 Å². The average Bonchev–Trinajstić information content (AvgIpc) is 2.53. The number of aliphatic carboxylic acids is 1. The summed E-state index contributed by atoms with van der Waals surface area (Å²) in [7, 11) is 0. The Morgan fingerprint density at radius 1 is 0.952 bits per heavy atom. The molecule has 0 saturated carbocycles. The number of hydrogen-bond acceptors (Lipinski definition) is 3. The van der Waals surface area contributed by atoms with Gasteiger partial charge in [-0.2, -0.15) is 0 Å². The fourth-order valence-electron chi connectivity index (χ4n) is 2.60. The first-order chi connectivity index (χ1) is 10.1. The molecule has 2 aromatic carbocycles. The second-order valence-corrected chi connectivity index (χ2v) is 4.98. The number of aliphatic hydroxyl groups is 2. The van der Waals surface area contributed by atoms with Crippen LogP contribution in [-0.4, -0.2) is 34.0 Å². The Morgan fingerprint density at radius 3 is 1.71 bits per heavy atom. The van der Waals surface area contributed by atoms with Crippen LogP contribution in [0.3, 0.4) is 0 Å². The zero-order chi connectivity index (χ0) is 15.3. The Kier molecular flexibility index (Phi) is 4.73. The molecule has 110 valence electrons. The molecule has 3 N–H and O–H groups in total. The van der Waals surface area contributed by atoms with Gasteiger partial charge in [-0.1, -0.05) is 60.7 Å². The number of hydrogen-bond donors (Lipinski definition) is 3. The number of carbonyl (C=O) groups is 1. The molecule has 0 aliphatic heterocycles. The van der Waals surface area contributed by atoms with Crippen molar-refractivity contribution in [2.24, 2.45) is 0 Å². The van der Waals surface area contributed by atoms with Crippen molar-refractivity contribution in [1.29, 1.82) is 0 Å². The SMILES string of the molecule is O=C(O)C(CC(O)CO)(c1ccccc1)c1ccccc1. The quantitative estimate of drug-likeness (QED) is 0.756. The fraction of sp³-hybridized carbons (Fsp3) is 0.235. The zero-order valence-corrected chi connectivity index (χ0v) is 11.5. The minimum atomic E-state index is -1.38. The van der Waals surface area contributed by atoms with E-state index in [1.54, 1.807) is 48.5 Å². The monoisotopic (exact) mass is 286 g/mol. The molecule has 4 nitrogen and oxygen atoms in total. The lowest BCUT2D eigenvalue weighted by Crippen LogP contribution is -2.41. The van der Waals surface area contributed by atoms with Crippen molar-refractivity contribution in [1.82, 2.24) is 0 Å². The van der Waals surface area contributed by atoms with E-state index in [1.165, 1.54) is 0 Å². The summed E-state index contributed by atoms with van der Waals surface area (Å²) >= 11 is 0. The molecular formula is C17H18O4. The maximum absolute atomic E-state index is 12.1. The highest BCUT2D eigenvalue weighted by Crippen LogP contribution is 2.37. The third-order valence-corrected chi connectivity index (χ3v) is 3.65. The highest BCUT2D eigenvalue weighted by molar-refractivity contribution is 5.86. The molecule has 0 radical (unpaired) electrons. The number of benzene rings is 2. The Hall–Kier alpha value is -2.17. The van der Waals surface area contributed by atoms with Crippen LogP contribution < -0.4 is 0 Å². The topological polar surface area (TPSA) is 77.8 Å². The van der Waals surface area contributed by atoms with Crippen molar-refractivity contribution < 1.29 is 20.1 Å². The van der Waals surface area contributed by atoms with Crippen LogP contribution in [0, 0.1) is 0 Å².